The van der Waals surface area contributed by atoms with E-state index in [1.165, 1.54) is 11.8 Å². The van der Waals surface area contributed by atoms with Crippen molar-refractivity contribution in [3.63, 3.8) is 0 Å². The molecule has 6 nitrogen and oxygen atoms in total. The zero-order valence-electron chi connectivity index (χ0n) is 14.1. The van der Waals surface area contributed by atoms with Crippen LogP contribution in [0.1, 0.15) is 19.4 Å². The quantitative estimate of drug-likeness (QED) is 0.792. The van der Waals surface area contributed by atoms with Crippen molar-refractivity contribution in [2.75, 3.05) is 18.8 Å². The van der Waals surface area contributed by atoms with Gasteiger partial charge < -0.3 is 14.2 Å². The maximum absolute atomic E-state index is 12.4. The van der Waals surface area contributed by atoms with Crippen LogP contribution in [0.5, 0.6) is 0 Å². The third kappa shape index (κ3) is 3.96. The topological polar surface area (TPSA) is 68.5 Å². The number of hydrogen-bond donors (Lipinski definition) is 0. The van der Waals surface area contributed by atoms with Gasteiger partial charge in [0.15, 0.2) is 0 Å². The number of amides is 1. The van der Waals surface area contributed by atoms with Gasteiger partial charge in [-0.2, -0.15) is 4.98 Å². The van der Waals surface area contributed by atoms with Crippen LogP contribution in [-0.4, -0.2) is 52.0 Å². The molecule has 2 aromatic rings. The molecule has 1 aromatic heterocycles. The minimum absolute atomic E-state index is 0.0673. The number of hydrogen-bond acceptors (Lipinski definition) is 6. The number of ether oxygens (including phenoxy) is 1. The van der Waals surface area contributed by atoms with Crippen molar-refractivity contribution in [2.24, 2.45) is 0 Å². The molecule has 0 bridgehead atoms. The maximum atomic E-state index is 12.4. The fourth-order valence-corrected chi connectivity index (χ4v) is 3.47. The van der Waals surface area contributed by atoms with E-state index in [1.807, 2.05) is 49.9 Å². The summed E-state index contributed by atoms with van der Waals surface area (Å²) in [7, 11) is 0. The molecule has 0 aliphatic carbocycles. The van der Waals surface area contributed by atoms with Gasteiger partial charge in [-0.05, 0) is 26.3 Å². The summed E-state index contributed by atoms with van der Waals surface area (Å²) >= 11 is 1.27. The van der Waals surface area contributed by atoms with Crippen molar-refractivity contribution in [2.45, 2.75) is 38.2 Å². The molecule has 128 valence electrons. The van der Waals surface area contributed by atoms with Crippen LogP contribution in [0.3, 0.4) is 0 Å². The van der Waals surface area contributed by atoms with Crippen molar-refractivity contribution in [1.29, 1.82) is 0 Å². The molecule has 2 atom stereocenters. The Bertz CT molecular complexity index is 709. The minimum atomic E-state index is 0.0673. The van der Waals surface area contributed by atoms with E-state index >= 15 is 0 Å². The highest BCUT2D eigenvalue weighted by Gasteiger charge is 2.26. The second-order valence-electron chi connectivity index (χ2n) is 6.04. The molecule has 0 spiro atoms. The molecule has 7 heteroatoms. The molecule has 24 heavy (non-hydrogen) atoms. The van der Waals surface area contributed by atoms with Gasteiger partial charge in [0.25, 0.3) is 5.22 Å². The lowest BCUT2D eigenvalue weighted by molar-refractivity contribution is -0.140. The van der Waals surface area contributed by atoms with Crippen molar-refractivity contribution >= 4 is 17.7 Å². The van der Waals surface area contributed by atoms with E-state index in [-0.39, 0.29) is 23.9 Å². The number of aromatic nitrogens is 2. The first-order valence-corrected chi connectivity index (χ1v) is 8.97. The summed E-state index contributed by atoms with van der Waals surface area (Å²) in [6.45, 7) is 7.22. The summed E-state index contributed by atoms with van der Waals surface area (Å²) in [5, 5.41) is 4.42. The molecule has 1 aliphatic heterocycles. The number of carbonyl (C=O) groups excluding carboxylic acids is 1. The molecular weight excluding hydrogens is 326 g/mol. The molecule has 3 rings (SSSR count). The smallest absolute Gasteiger partial charge is 0.286 e. The largest absolute Gasteiger partial charge is 0.372 e. The van der Waals surface area contributed by atoms with Crippen LogP contribution >= 0.6 is 11.8 Å². The Morgan fingerprint density at radius 2 is 2.00 bits per heavy atom. The van der Waals surface area contributed by atoms with Crippen LogP contribution in [0, 0.1) is 6.92 Å². The Kier molecular flexibility index (Phi) is 5.20. The normalized spacial score (nSPS) is 21.0. The predicted octanol–water partition coefficient (Wildman–Crippen LogP) is 2.77. The monoisotopic (exact) mass is 347 g/mol. The Morgan fingerprint density at radius 3 is 2.71 bits per heavy atom. The zero-order valence-corrected chi connectivity index (χ0v) is 14.9. The average molecular weight is 347 g/mol. The first kappa shape index (κ1) is 17.0. The Balaban J connectivity index is 1.59. The molecule has 1 aliphatic rings. The lowest BCUT2D eigenvalue weighted by Gasteiger charge is -2.35. The highest BCUT2D eigenvalue weighted by Crippen LogP contribution is 2.24. The van der Waals surface area contributed by atoms with Crippen molar-refractivity contribution in [1.82, 2.24) is 15.0 Å². The van der Waals surface area contributed by atoms with Crippen molar-refractivity contribution < 1.29 is 14.1 Å². The Hall–Kier alpha value is -1.86. The predicted molar refractivity (Wildman–Crippen MR) is 91.8 cm³/mol. The molecule has 1 aromatic carbocycles. The minimum Gasteiger partial charge on any atom is -0.372 e. The molecule has 0 saturated carbocycles. The number of aryl methyl sites for hydroxylation is 1. The van der Waals surface area contributed by atoms with Crippen LogP contribution in [0.4, 0.5) is 0 Å². The number of nitrogens with zero attached hydrogens (tertiary/aromatic N) is 3. The lowest BCUT2D eigenvalue weighted by Crippen LogP contribution is -2.48. The standard InChI is InChI=1S/C17H21N3O3S/c1-11-6-4-5-7-14(11)16-18-17(23-19-16)24-10-15(21)20-8-12(2)22-13(3)9-20/h4-7,12-13H,8-10H2,1-3H3/t12-,13-/m0/s1. The number of thioether (sulfide) groups is 1. The van der Waals surface area contributed by atoms with E-state index in [0.29, 0.717) is 24.1 Å². The van der Waals surface area contributed by atoms with Gasteiger partial charge in [0.1, 0.15) is 0 Å². The fourth-order valence-electron chi connectivity index (χ4n) is 2.80. The fraction of sp³-hybridized carbons (Fsp3) is 0.471. The molecular formula is C17H21N3O3S. The van der Waals surface area contributed by atoms with E-state index in [2.05, 4.69) is 10.1 Å². The Morgan fingerprint density at radius 1 is 1.29 bits per heavy atom. The average Bonchev–Trinajstić information content (AvgIpc) is 3.01. The third-order valence-corrected chi connectivity index (χ3v) is 4.69. The van der Waals surface area contributed by atoms with Gasteiger partial charge in [-0.15, -0.1) is 0 Å². The van der Waals surface area contributed by atoms with Gasteiger partial charge in [0, 0.05) is 18.7 Å². The Labute approximate surface area is 145 Å². The van der Waals surface area contributed by atoms with Crippen LogP contribution < -0.4 is 0 Å². The van der Waals surface area contributed by atoms with E-state index < -0.39 is 0 Å². The van der Waals surface area contributed by atoms with E-state index in [9.17, 15) is 4.79 Å². The van der Waals surface area contributed by atoms with E-state index in [1.54, 1.807) is 0 Å². The summed E-state index contributed by atoms with van der Waals surface area (Å²) in [5.74, 6) is 0.906. The molecule has 1 fully saturated rings. The first-order valence-electron chi connectivity index (χ1n) is 7.98. The van der Waals surface area contributed by atoms with Crippen molar-refractivity contribution in [3.05, 3.63) is 29.8 Å². The van der Waals surface area contributed by atoms with Crippen molar-refractivity contribution in [3.8, 4) is 11.4 Å². The second kappa shape index (κ2) is 7.36. The second-order valence-corrected chi connectivity index (χ2v) is 6.97. The van der Waals surface area contributed by atoms with Crippen LogP contribution in [0.15, 0.2) is 34.0 Å². The molecule has 1 amide bonds. The highest BCUT2D eigenvalue weighted by atomic mass is 32.2. The zero-order chi connectivity index (χ0) is 17.1. The number of benzene rings is 1. The number of carbonyl (C=O) groups is 1. The number of morpholine rings is 1. The van der Waals surface area contributed by atoms with E-state index in [4.69, 9.17) is 9.26 Å². The van der Waals surface area contributed by atoms with Gasteiger partial charge in [-0.3, -0.25) is 4.79 Å². The SMILES string of the molecule is Cc1ccccc1-c1noc(SCC(=O)N2C[C@H](C)O[C@@H](C)C2)n1. The highest BCUT2D eigenvalue weighted by molar-refractivity contribution is 7.99. The third-order valence-electron chi connectivity index (χ3n) is 3.88. The first-order chi connectivity index (χ1) is 11.5. The molecule has 0 radical (unpaired) electrons. The van der Waals surface area contributed by atoms with Crippen LogP contribution in [-0.2, 0) is 9.53 Å². The van der Waals surface area contributed by atoms with Crippen LogP contribution in [0.25, 0.3) is 11.4 Å². The molecule has 0 N–H and O–H groups in total. The van der Waals surface area contributed by atoms with E-state index in [0.717, 1.165) is 11.1 Å². The molecule has 2 heterocycles. The van der Waals surface area contributed by atoms with Gasteiger partial charge in [-0.25, -0.2) is 0 Å². The summed E-state index contributed by atoms with van der Waals surface area (Å²) in [5.41, 5.74) is 2.03. The number of rotatable bonds is 4. The summed E-state index contributed by atoms with van der Waals surface area (Å²) in [4.78, 5) is 18.6. The maximum Gasteiger partial charge on any atom is 0.286 e. The molecule has 1 saturated heterocycles. The van der Waals surface area contributed by atoms with Crippen LogP contribution in [0.2, 0.25) is 0 Å². The van der Waals surface area contributed by atoms with Gasteiger partial charge in [0.2, 0.25) is 11.7 Å². The summed E-state index contributed by atoms with van der Waals surface area (Å²) in [6.07, 6.45) is 0.137. The van der Waals surface area contributed by atoms with Gasteiger partial charge in [0.05, 0.1) is 18.0 Å². The summed E-state index contributed by atoms with van der Waals surface area (Å²) in [6, 6.07) is 7.87. The van der Waals surface area contributed by atoms with Gasteiger partial charge in [-0.1, -0.05) is 41.2 Å². The van der Waals surface area contributed by atoms with Gasteiger partial charge >= 0.3 is 0 Å². The summed E-state index contributed by atoms with van der Waals surface area (Å²) < 4.78 is 10.9. The lowest BCUT2D eigenvalue weighted by atomic mass is 10.1. The molecule has 0 unspecified atom stereocenters.